The van der Waals surface area contributed by atoms with E-state index in [2.05, 4.69) is 25.7 Å². The topological polar surface area (TPSA) is 70.2 Å². The summed E-state index contributed by atoms with van der Waals surface area (Å²) in [5.41, 5.74) is 1.07. The maximum absolute atomic E-state index is 12.2. The molecule has 2 heterocycles. The molecule has 2 aliphatic rings. The highest BCUT2D eigenvalue weighted by Gasteiger charge is 2.31. The minimum atomic E-state index is -0.247. The predicted molar refractivity (Wildman–Crippen MR) is 97.7 cm³/mol. The Morgan fingerprint density at radius 1 is 0.960 bits per heavy atom. The molecule has 0 unspecified atom stereocenters. The highest BCUT2D eigenvalue weighted by atomic mass is 16.1. The minimum Gasteiger partial charge on any atom is -0.366 e. The average molecular weight is 337 g/mol. The number of nitrogens with zero attached hydrogens (tertiary/aromatic N) is 3. The first-order valence-corrected chi connectivity index (χ1v) is 8.99. The molecule has 4 rings (SSSR count). The highest BCUT2D eigenvalue weighted by Crippen LogP contribution is 2.29. The van der Waals surface area contributed by atoms with Crippen LogP contribution in [-0.2, 0) is 0 Å². The van der Waals surface area contributed by atoms with Gasteiger partial charge >= 0.3 is 0 Å². The van der Waals surface area contributed by atoms with Gasteiger partial charge in [-0.05, 0) is 49.9 Å². The molecule has 1 aromatic heterocycles. The molecule has 1 aliphatic heterocycles. The molecule has 1 amide bonds. The standard InChI is InChI=1S/C19H23N5O/c25-19(21-14-4-2-1-3-5-14)17-8-9-18(23-22-17)20-15-10-12-24(13-11-15)16-6-7-16/h1-5,8-9,15-16H,6-7,10-13H2,(H,20,23)(H,21,25). The summed E-state index contributed by atoms with van der Waals surface area (Å²) in [6.45, 7) is 2.32. The third-order valence-electron chi connectivity index (χ3n) is 4.87. The predicted octanol–water partition coefficient (Wildman–Crippen LogP) is 2.77. The van der Waals surface area contributed by atoms with Crippen LogP contribution in [0.5, 0.6) is 0 Å². The third kappa shape index (κ3) is 4.14. The number of hydrogen-bond donors (Lipinski definition) is 2. The molecule has 1 saturated heterocycles. The number of nitrogens with one attached hydrogen (secondary N) is 2. The van der Waals surface area contributed by atoms with Crippen molar-refractivity contribution in [3.63, 3.8) is 0 Å². The summed E-state index contributed by atoms with van der Waals surface area (Å²) < 4.78 is 0. The number of likely N-dealkylation sites (tertiary alicyclic amines) is 1. The number of aromatic nitrogens is 2. The zero-order chi connectivity index (χ0) is 17.1. The van der Waals surface area contributed by atoms with E-state index in [1.165, 1.54) is 12.8 Å². The van der Waals surface area contributed by atoms with Gasteiger partial charge in [-0.1, -0.05) is 18.2 Å². The second-order valence-corrected chi connectivity index (χ2v) is 6.81. The van der Waals surface area contributed by atoms with Crippen LogP contribution in [0.15, 0.2) is 42.5 Å². The van der Waals surface area contributed by atoms with E-state index < -0.39 is 0 Å². The smallest absolute Gasteiger partial charge is 0.276 e. The molecule has 1 aliphatic carbocycles. The van der Waals surface area contributed by atoms with Crippen molar-refractivity contribution in [2.24, 2.45) is 0 Å². The summed E-state index contributed by atoms with van der Waals surface area (Å²) in [5, 5.41) is 14.5. The van der Waals surface area contributed by atoms with Gasteiger partial charge in [-0.2, -0.15) is 0 Å². The Hall–Kier alpha value is -2.47. The van der Waals surface area contributed by atoms with E-state index in [-0.39, 0.29) is 5.91 Å². The molecule has 0 bridgehead atoms. The van der Waals surface area contributed by atoms with Crippen molar-refractivity contribution in [1.29, 1.82) is 0 Å². The van der Waals surface area contributed by atoms with Gasteiger partial charge in [0.15, 0.2) is 5.69 Å². The summed E-state index contributed by atoms with van der Waals surface area (Å²) in [5.74, 6) is 0.490. The van der Waals surface area contributed by atoms with Crippen molar-refractivity contribution in [3.8, 4) is 0 Å². The molecule has 1 aromatic carbocycles. The number of carbonyl (C=O) groups is 1. The van der Waals surface area contributed by atoms with Crippen LogP contribution < -0.4 is 10.6 Å². The molecule has 25 heavy (non-hydrogen) atoms. The van der Waals surface area contributed by atoms with E-state index in [9.17, 15) is 4.79 Å². The fraction of sp³-hybridized carbons (Fsp3) is 0.421. The van der Waals surface area contributed by atoms with E-state index in [0.29, 0.717) is 11.7 Å². The molecule has 6 nitrogen and oxygen atoms in total. The normalized spacial score (nSPS) is 18.7. The Kier molecular flexibility index (Phi) is 4.61. The highest BCUT2D eigenvalue weighted by molar-refractivity contribution is 6.02. The number of benzene rings is 1. The van der Waals surface area contributed by atoms with E-state index in [4.69, 9.17) is 0 Å². The number of anilines is 2. The summed E-state index contributed by atoms with van der Waals surface area (Å²) >= 11 is 0. The Labute approximate surface area is 147 Å². The molecular weight excluding hydrogens is 314 g/mol. The van der Waals surface area contributed by atoms with Gasteiger partial charge in [-0.15, -0.1) is 10.2 Å². The second kappa shape index (κ2) is 7.19. The lowest BCUT2D eigenvalue weighted by Crippen LogP contribution is -2.40. The Bertz CT molecular complexity index is 706. The summed E-state index contributed by atoms with van der Waals surface area (Å²) in [7, 11) is 0. The maximum atomic E-state index is 12.2. The number of rotatable bonds is 5. The van der Waals surface area contributed by atoms with Gasteiger partial charge in [-0.25, -0.2) is 0 Å². The minimum absolute atomic E-state index is 0.247. The van der Waals surface area contributed by atoms with Gasteiger partial charge in [0.25, 0.3) is 5.91 Å². The van der Waals surface area contributed by atoms with Crippen LogP contribution in [0, 0.1) is 0 Å². The Morgan fingerprint density at radius 3 is 2.36 bits per heavy atom. The van der Waals surface area contributed by atoms with Gasteiger partial charge in [0.05, 0.1) is 0 Å². The summed E-state index contributed by atoms with van der Waals surface area (Å²) in [6, 6.07) is 14.2. The quantitative estimate of drug-likeness (QED) is 0.878. The number of amides is 1. The fourth-order valence-corrected chi connectivity index (χ4v) is 3.30. The fourth-order valence-electron chi connectivity index (χ4n) is 3.30. The van der Waals surface area contributed by atoms with Gasteiger partial charge in [0.2, 0.25) is 0 Å². The van der Waals surface area contributed by atoms with Crippen LogP contribution in [0.3, 0.4) is 0 Å². The molecule has 130 valence electrons. The van der Waals surface area contributed by atoms with Gasteiger partial charge in [-0.3, -0.25) is 4.79 Å². The molecule has 6 heteroatoms. The monoisotopic (exact) mass is 337 g/mol. The van der Waals surface area contributed by atoms with Gasteiger partial charge in [0.1, 0.15) is 5.82 Å². The third-order valence-corrected chi connectivity index (χ3v) is 4.87. The zero-order valence-corrected chi connectivity index (χ0v) is 14.2. The van der Waals surface area contributed by atoms with Crippen molar-refractivity contribution in [2.45, 2.75) is 37.8 Å². The molecule has 2 N–H and O–H groups in total. The van der Waals surface area contributed by atoms with E-state index >= 15 is 0 Å². The van der Waals surface area contributed by atoms with Crippen molar-refractivity contribution in [1.82, 2.24) is 15.1 Å². The van der Waals surface area contributed by atoms with Crippen molar-refractivity contribution >= 4 is 17.4 Å². The zero-order valence-electron chi connectivity index (χ0n) is 14.2. The molecule has 0 spiro atoms. The Morgan fingerprint density at radius 2 is 1.72 bits per heavy atom. The number of hydrogen-bond acceptors (Lipinski definition) is 5. The molecular formula is C19H23N5O. The van der Waals surface area contributed by atoms with Crippen molar-refractivity contribution < 1.29 is 4.79 Å². The number of piperidine rings is 1. The molecule has 0 atom stereocenters. The lowest BCUT2D eigenvalue weighted by atomic mass is 10.0. The van der Waals surface area contributed by atoms with E-state index in [1.807, 2.05) is 36.4 Å². The van der Waals surface area contributed by atoms with Crippen LogP contribution in [0.4, 0.5) is 11.5 Å². The first-order chi connectivity index (χ1) is 12.3. The lowest BCUT2D eigenvalue weighted by Gasteiger charge is -2.32. The van der Waals surface area contributed by atoms with Crippen LogP contribution in [0.2, 0.25) is 0 Å². The summed E-state index contributed by atoms with van der Waals surface area (Å²) in [6.07, 6.45) is 5.01. The average Bonchev–Trinajstić information content (AvgIpc) is 3.49. The van der Waals surface area contributed by atoms with Crippen LogP contribution in [0.25, 0.3) is 0 Å². The Balaban J connectivity index is 1.30. The van der Waals surface area contributed by atoms with E-state index in [0.717, 1.165) is 43.5 Å². The van der Waals surface area contributed by atoms with E-state index in [1.54, 1.807) is 6.07 Å². The SMILES string of the molecule is O=C(Nc1ccccc1)c1ccc(NC2CCN(C3CC3)CC2)nn1. The molecule has 2 fully saturated rings. The second-order valence-electron chi connectivity index (χ2n) is 6.81. The van der Waals surface area contributed by atoms with Crippen LogP contribution in [-0.4, -0.2) is 46.2 Å². The maximum Gasteiger partial charge on any atom is 0.276 e. The van der Waals surface area contributed by atoms with Crippen molar-refractivity contribution in [2.75, 3.05) is 23.7 Å². The number of carbonyl (C=O) groups excluding carboxylic acids is 1. The lowest BCUT2D eigenvalue weighted by molar-refractivity contribution is 0.102. The molecule has 1 saturated carbocycles. The first-order valence-electron chi connectivity index (χ1n) is 8.99. The molecule has 2 aromatic rings. The first kappa shape index (κ1) is 16.0. The largest absolute Gasteiger partial charge is 0.366 e. The van der Waals surface area contributed by atoms with Gasteiger partial charge < -0.3 is 15.5 Å². The number of para-hydroxylation sites is 1. The van der Waals surface area contributed by atoms with Gasteiger partial charge in [0, 0.05) is 30.9 Å². The summed E-state index contributed by atoms with van der Waals surface area (Å²) in [4.78, 5) is 14.8. The van der Waals surface area contributed by atoms with Crippen LogP contribution in [0.1, 0.15) is 36.2 Å². The van der Waals surface area contributed by atoms with Crippen LogP contribution >= 0.6 is 0 Å². The van der Waals surface area contributed by atoms with Crippen molar-refractivity contribution in [3.05, 3.63) is 48.2 Å². The molecule has 0 radical (unpaired) electrons.